The quantitative estimate of drug-likeness (QED) is 0.436. The molecule has 0 radical (unpaired) electrons. The van der Waals surface area contributed by atoms with E-state index in [2.05, 4.69) is 50.3 Å². The molecule has 0 aromatic heterocycles. The molecule has 4 rings (SSSR count). The van der Waals surface area contributed by atoms with Gasteiger partial charge in [0.1, 0.15) is 0 Å². The van der Waals surface area contributed by atoms with Crippen LogP contribution in [0.1, 0.15) is 26.7 Å². The first-order valence-electron chi connectivity index (χ1n) is 10.7. The van der Waals surface area contributed by atoms with Crippen molar-refractivity contribution >= 4 is 0 Å². The molecule has 35 heavy (non-hydrogen) atoms. The normalized spacial score (nSPS) is 12.2. The Hall–Kier alpha value is -2.92. The van der Waals surface area contributed by atoms with Crippen LogP contribution in [-0.2, 0) is 26.2 Å². The number of hydrogen-bond donors (Lipinski definition) is 2. The molecular weight excluding hydrogens is 524 g/mol. The zero-order valence-electron chi connectivity index (χ0n) is 21.2. The number of phenols is 2. The third kappa shape index (κ3) is 11.9. The monoisotopic (exact) mass is 556 g/mol. The van der Waals surface area contributed by atoms with Gasteiger partial charge in [-0.15, -0.1) is 12.8 Å². The average molecular weight is 558 g/mol. The van der Waals surface area contributed by atoms with Crippen LogP contribution < -0.4 is 18.9 Å². The smallest absolute Gasteiger partial charge is 0.502 e. The fourth-order valence-electron chi connectivity index (χ4n) is 2.69. The molecule has 0 saturated carbocycles. The minimum absolute atomic E-state index is 0. The number of phenolic OH excluding ortho intramolecular Hbond substituents is 2. The van der Waals surface area contributed by atoms with Gasteiger partial charge in [-0.3, -0.25) is 12.2 Å². The second kappa shape index (κ2) is 18.4. The number of rotatable bonds is 4. The molecule has 0 unspecified atom stereocenters. The Morgan fingerprint density at radius 3 is 1.03 bits per heavy atom. The SMILES string of the molecule is CC1=[C-]CC=C1.CC1=[C-]CC=C1.COc1cccc(OC)c1O.COc1cccc(OC)c1O.[Zr+2]. The van der Waals surface area contributed by atoms with Gasteiger partial charge in [0, 0.05) is 0 Å². The van der Waals surface area contributed by atoms with Crippen molar-refractivity contribution < 1.29 is 55.4 Å². The standard InChI is InChI=1S/2C8H10O3.2C6H7.Zr/c2*1-10-6-4-3-5-7(11-2)8(6)9;2*1-6-4-2-3-5-6;/h2*3-5,9H,1-2H3;2*2,4H,3H2,1H3;/q;;2*-1;+2. The van der Waals surface area contributed by atoms with Gasteiger partial charge in [0.15, 0.2) is 23.0 Å². The molecule has 2 aliphatic carbocycles. The van der Waals surface area contributed by atoms with E-state index in [0.29, 0.717) is 23.0 Å². The number of hydrogen-bond acceptors (Lipinski definition) is 6. The summed E-state index contributed by atoms with van der Waals surface area (Å²) >= 11 is 0. The average Bonchev–Trinajstić information content (AvgIpc) is 3.54. The molecule has 0 amide bonds. The van der Waals surface area contributed by atoms with E-state index in [1.54, 1.807) is 36.4 Å². The van der Waals surface area contributed by atoms with Gasteiger partial charge in [-0.25, -0.2) is 23.3 Å². The van der Waals surface area contributed by atoms with Crippen molar-refractivity contribution in [2.45, 2.75) is 26.7 Å². The Morgan fingerprint density at radius 1 is 0.600 bits per heavy atom. The maximum Gasteiger partial charge on any atom is 2.00 e. The molecule has 0 fully saturated rings. The van der Waals surface area contributed by atoms with Crippen LogP contribution >= 0.6 is 0 Å². The third-order valence-electron chi connectivity index (χ3n) is 4.54. The first-order chi connectivity index (χ1) is 16.4. The van der Waals surface area contributed by atoms with Crippen molar-refractivity contribution in [2.75, 3.05) is 28.4 Å². The molecule has 7 heteroatoms. The zero-order valence-corrected chi connectivity index (χ0v) is 23.7. The number of allylic oxidation sites excluding steroid dienone is 8. The molecule has 2 N–H and O–H groups in total. The molecule has 0 bridgehead atoms. The molecule has 186 valence electrons. The molecule has 0 saturated heterocycles. The maximum atomic E-state index is 9.34. The maximum absolute atomic E-state index is 9.34. The van der Waals surface area contributed by atoms with Gasteiger partial charge in [-0.05, 0) is 24.3 Å². The van der Waals surface area contributed by atoms with Crippen molar-refractivity contribution in [3.63, 3.8) is 0 Å². The van der Waals surface area contributed by atoms with Crippen LogP contribution in [0.25, 0.3) is 0 Å². The van der Waals surface area contributed by atoms with Crippen molar-refractivity contribution in [1.82, 2.24) is 0 Å². The number of aromatic hydroxyl groups is 2. The Kier molecular flexibility index (Phi) is 16.9. The molecule has 6 nitrogen and oxygen atoms in total. The van der Waals surface area contributed by atoms with Crippen molar-refractivity contribution in [3.8, 4) is 34.5 Å². The van der Waals surface area contributed by atoms with Gasteiger partial charge in [0.2, 0.25) is 11.5 Å². The van der Waals surface area contributed by atoms with E-state index >= 15 is 0 Å². The summed E-state index contributed by atoms with van der Waals surface area (Å²) in [5.74, 6) is 1.76. The van der Waals surface area contributed by atoms with E-state index in [1.165, 1.54) is 39.6 Å². The third-order valence-corrected chi connectivity index (χ3v) is 4.54. The second-order valence-corrected chi connectivity index (χ2v) is 6.95. The summed E-state index contributed by atoms with van der Waals surface area (Å²) in [6.45, 7) is 4.12. The van der Waals surface area contributed by atoms with Crippen molar-refractivity contribution in [1.29, 1.82) is 0 Å². The van der Waals surface area contributed by atoms with Gasteiger partial charge < -0.3 is 29.2 Å². The summed E-state index contributed by atoms with van der Waals surface area (Å²) in [4.78, 5) is 0. The Morgan fingerprint density at radius 2 is 0.886 bits per heavy atom. The largest absolute Gasteiger partial charge is 2.00 e. The van der Waals surface area contributed by atoms with Gasteiger partial charge in [-0.1, -0.05) is 26.0 Å². The summed E-state index contributed by atoms with van der Waals surface area (Å²) < 4.78 is 19.4. The number of ether oxygens (including phenoxy) is 4. The van der Waals surface area contributed by atoms with Gasteiger partial charge in [0.25, 0.3) is 0 Å². The Bertz CT molecular complexity index is 877. The van der Waals surface area contributed by atoms with Crippen LogP contribution in [-0.4, -0.2) is 38.7 Å². The van der Waals surface area contributed by atoms with Crippen molar-refractivity contribution in [2.24, 2.45) is 0 Å². The Labute approximate surface area is 228 Å². The summed E-state index contributed by atoms with van der Waals surface area (Å²) in [6, 6.07) is 10.2. The summed E-state index contributed by atoms with van der Waals surface area (Å²) in [5, 5.41) is 18.7. The van der Waals surface area contributed by atoms with Crippen LogP contribution in [0.4, 0.5) is 0 Å². The molecule has 0 heterocycles. The molecule has 2 aliphatic rings. The first-order valence-corrected chi connectivity index (χ1v) is 10.7. The Balaban J connectivity index is 0.000000452. The summed E-state index contributed by atoms with van der Waals surface area (Å²) in [7, 11) is 5.98. The van der Waals surface area contributed by atoms with Crippen LogP contribution in [0, 0.1) is 12.2 Å². The molecule has 0 atom stereocenters. The molecule has 0 spiro atoms. The predicted molar refractivity (Wildman–Crippen MR) is 135 cm³/mol. The number of para-hydroxylation sites is 2. The van der Waals surface area contributed by atoms with E-state index < -0.39 is 0 Å². The van der Waals surface area contributed by atoms with E-state index in [0.717, 1.165) is 12.8 Å². The molecule has 2 aromatic carbocycles. The van der Waals surface area contributed by atoms with E-state index in [9.17, 15) is 10.2 Å². The fourth-order valence-corrected chi connectivity index (χ4v) is 2.69. The van der Waals surface area contributed by atoms with Crippen LogP contribution in [0.2, 0.25) is 0 Å². The van der Waals surface area contributed by atoms with Gasteiger partial charge in [0.05, 0.1) is 28.4 Å². The summed E-state index contributed by atoms with van der Waals surface area (Å²) in [6.07, 6.45) is 16.7. The van der Waals surface area contributed by atoms with Crippen LogP contribution in [0.15, 0.2) is 71.8 Å². The first kappa shape index (κ1) is 32.1. The van der Waals surface area contributed by atoms with Crippen molar-refractivity contribution in [3.05, 3.63) is 84.0 Å². The topological polar surface area (TPSA) is 77.4 Å². The minimum Gasteiger partial charge on any atom is -0.502 e. The fraction of sp³-hybridized carbons (Fsp3) is 0.286. The molecule has 0 aliphatic heterocycles. The van der Waals surface area contributed by atoms with Gasteiger partial charge >= 0.3 is 26.2 Å². The zero-order chi connectivity index (χ0) is 25.3. The second-order valence-electron chi connectivity index (χ2n) is 6.95. The van der Waals surface area contributed by atoms with Gasteiger partial charge in [-0.2, -0.15) is 12.2 Å². The van der Waals surface area contributed by atoms with Crippen LogP contribution in [0.5, 0.6) is 34.5 Å². The molecular formula is C28H34O6Zr. The minimum atomic E-state index is 0. The van der Waals surface area contributed by atoms with E-state index in [4.69, 9.17) is 18.9 Å². The van der Waals surface area contributed by atoms with E-state index in [1.807, 2.05) is 0 Å². The predicted octanol–water partition coefficient (Wildman–Crippen LogP) is 6.21. The molecule has 2 aromatic rings. The number of benzene rings is 2. The number of methoxy groups -OCH3 is 4. The van der Waals surface area contributed by atoms with Crippen LogP contribution in [0.3, 0.4) is 0 Å². The van der Waals surface area contributed by atoms with E-state index in [-0.39, 0.29) is 37.7 Å². The summed E-state index contributed by atoms with van der Waals surface area (Å²) in [5.41, 5.74) is 2.55.